The summed E-state index contributed by atoms with van der Waals surface area (Å²) in [5, 5.41) is 5.41. The number of nitrogens with zero attached hydrogens (tertiary/aromatic N) is 1. The van der Waals surface area contributed by atoms with E-state index < -0.39 is 0 Å². The number of thiophene rings is 1. The molecule has 2 aromatic rings. The molecule has 1 aromatic heterocycles. The third-order valence-corrected chi connectivity index (χ3v) is 4.46. The first kappa shape index (κ1) is 13.1. The Bertz CT molecular complexity index is 685. The van der Waals surface area contributed by atoms with Crippen molar-refractivity contribution in [1.82, 2.24) is 5.32 Å². The van der Waals surface area contributed by atoms with Gasteiger partial charge in [-0.2, -0.15) is 0 Å². The van der Waals surface area contributed by atoms with Gasteiger partial charge in [0, 0.05) is 4.88 Å². The van der Waals surface area contributed by atoms with Gasteiger partial charge in [-0.05, 0) is 48.3 Å². The molecule has 0 aliphatic carbocycles. The summed E-state index contributed by atoms with van der Waals surface area (Å²) in [7, 11) is 0. The number of nitrogens with one attached hydrogen (secondary N) is 1. The van der Waals surface area contributed by atoms with Gasteiger partial charge < -0.3 is 5.32 Å². The predicted octanol–water partition coefficient (Wildman–Crippen LogP) is 3.95. The number of thioether (sulfide) groups is 1. The molecule has 0 radical (unpaired) electrons. The first-order valence-corrected chi connectivity index (χ1v) is 7.80. The second-order valence-electron chi connectivity index (χ2n) is 4.33. The van der Waals surface area contributed by atoms with E-state index >= 15 is 0 Å². The van der Waals surface area contributed by atoms with Crippen LogP contribution in [0, 0.1) is 6.92 Å². The number of aliphatic imine (C=N–C) groups is 1. The number of carbonyl (C=O) groups is 1. The Labute approximate surface area is 125 Å². The molecule has 0 atom stereocenters. The molecule has 0 spiro atoms. The summed E-state index contributed by atoms with van der Waals surface area (Å²) in [5.41, 5.74) is 2.03. The third-order valence-electron chi connectivity index (χ3n) is 2.73. The summed E-state index contributed by atoms with van der Waals surface area (Å²) in [6, 6.07) is 11.8. The first-order chi connectivity index (χ1) is 9.70. The van der Waals surface area contributed by atoms with Gasteiger partial charge in [-0.25, -0.2) is 4.99 Å². The van der Waals surface area contributed by atoms with Gasteiger partial charge in [0.15, 0.2) is 5.17 Å². The molecular formula is C15H12N2OS2. The number of aryl methyl sites for hydroxylation is 1. The lowest BCUT2D eigenvalue weighted by atomic mass is 10.2. The zero-order chi connectivity index (χ0) is 13.9. The van der Waals surface area contributed by atoms with Crippen LogP contribution in [0.25, 0.3) is 6.08 Å². The largest absolute Gasteiger partial charge is 0.300 e. The number of carbonyl (C=O) groups excluding carboxylic acids is 1. The highest BCUT2D eigenvalue weighted by atomic mass is 32.2. The van der Waals surface area contributed by atoms with Crippen LogP contribution in [0.3, 0.4) is 0 Å². The van der Waals surface area contributed by atoms with Crippen molar-refractivity contribution < 1.29 is 4.79 Å². The molecule has 100 valence electrons. The summed E-state index contributed by atoms with van der Waals surface area (Å²) < 4.78 is 0. The third kappa shape index (κ3) is 3.00. The van der Waals surface area contributed by atoms with Crippen molar-refractivity contribution in [3.63, 3.8) is 0 Å². The lowest BCUT2D eigenvalue weighted by molar-refractivity contribution is -0.115. The minimum atomic E-state index is -0.0886. The molecule has 2 heterocycles. The molecule has 1 aliphatic rings. The van der Waals surface area contributed by atoms with Crippen molar-refractivity contribution >= 4 is 45.9 Å². The molecular weight excluding hydrogens is 288 g/mol. The number of rotatable bonds is 2. The van der Waals surface area contributed by atoms with Gasteiger partial charge in [-0.1, -0.05) is 23.8 Å². The number of hydrogen-bond donors (Lipinski definition) is 1. The van der Waals surface area contributed by atoms with E-state index in [-0.39, 0.29) is 5.91 Å². The molecule has 3 nitrogen and oxygen atoms in total. The number of hydrogen-bond acceptors (Lipinski definition) is 4. The second-order valence-corrected chi connectivity index (χ2v) is 6.34. The van der Waals surface area contributed by atoms with Crippen molar-refractivity contribution in [2.24, 2.45) is 4.99 Å². The summed E-state index contributed by atoms with van der Waals surface area (Å²) >= 11 is 2.98. The van der Waals surface area contributed by atoms with Gasteiger partial charge in [0.2, 0.25) is 0 Å². The average molecular weight is 300 g/mol. The molecule has 1 aromatic carbocycles. The van der Waals surface area contributed by atoms with Crippen molar-refractivity contribution in [1.29, 1.82) is 0 Å². The molecule has 3 rings (SSSR count). The predicted molar refractivity (Wildman–Crippen MR) is 86.3 cm³/mol. The summed E-state index contributed by atoms with van der Waals surface area (Å²) in [4.78, 5) is 18.1. The summed E-state index contributed by atoms with van der Waals surface area (Å²) in [6.45, 7) is 2.03. The molecule has 1 amide bonds. The topological polar surface area (TPSA) is 41.5 Å². The SMILES string of the molecule is Cc1ccc(N=C2NC(=O)/C(=C/c3cccs3)S2)cc1. The van der Waals surface area contributed by atoms with Crippen LogP contribution in [-0.4, -0.2) is 11.1 Å². The number of benzene rings is 1. The van der Waals surface area contributed by atoms with Crippen LogP contribution in [0.5, 0.6) is 0 Å². The van der Waals surface area contributed by atoms with Crippen LogP contribution < -0.4 is 5.32 Å². The van der Waals surface area contributed by atoms with Gasteiger partial charge in [0.05, 0.1) is 10.6 Å². The van der Waals surface area contributed by atoms with Crippen molar-refractivity contribution in [3.05, 3.63) is 57.1 Å². The van der Waals surface area contributed by atoms with Gasteiger partial charge in [0.1, 0.15) is 0 Å². The second kappa shape index (κ2) is 5.64. The normalized spacial score (nSPS) is 18.8. The van der Waals surface area contributed by atoms with E-state index in [1.165, 1.54) is 17.3 Å². The fourth-order valence-electron chi connectivity index (χ4n) is 1.72. The van der Waals surface area contributed by atoms with Crippen LogP contribution in [0.1, 0.15) is 10.4 Å². The Morgan fingerprint density at radius 3 is 2.70 bits per heavy atom. The van der Waals surface area contributed by atoms with E-state index in [2.05, 4.69) is 10.3 Å². The van der Waals surface area contributed by atoms with Gasteiger partial charge in [-0.15, -0.1) is 11.3 Å². The number of amides is 1. The maximum atomic E-state index is 11.9. The minimum absolute atomic E-state index is 0.0886. The molecule has 1 aliphatic heterocycles. The van der Waals surface area contributed by atoms with E-state index in [4.69, 9.17) is 0 Å². The maximum absolute atomic E-state index is 11.9. The van der Waals surface area contributed by atoms with Crippen LogP contribution in [0.4, 0.5) is 5.69 Å². The minimum Gasteiger partial charge on any atom is -0.300 e. The van der Waals surface area contributed by atoms with E-state index in [9.17, 15) is 4.79 Å². The van der Waals surface area contributed by atoms with Crippen molar-refractivity contribution in [3.8, 4) is 0 Å². The van der Waals surface area contributed by atoms with E-state index in [1.54, 1.807) is 11.3 Å². The Kier molecular flexibility index (Phi) is 3.71. The van der Waals surface area contributed by atoms with Crippen LogP contribution in [0.15, 0.2) is 51.7 Å². The van der Waals surface area contributed by atoms with Gasteiger partial charge >= 0.3 is 0 Å². The van der Waals surface area contributed by atoms with Crippen LogP contribution in [-0.2, 0) is 4.79 Å². The molecule has 1 saturated heterocycles. The van der Waals surface area contributed by atoms with E-state index in [1.807, 2.05) is 54.8 Å². The lowest BCUT2D eigenvalue weighted by Gasteiger charge is -1.96. The highest BCUT2D eigenvalue weighted by Gasteiger charge is 2.23. The molecule has 20 heavy (non-hydrogen) atoms. The average Bonchev–Trinajstić information content (AvgIpc) is 3.04. The fraction of sp³-hybridized carbons (Fsp3) is 0.0667. The molecule has 5 heteroatoms. The van der Waals surface area contributed by atoms with Crippen LogP contribution in [0.2, 0.25) is 0 Å². The summed E-state index contributed by atoms with van der Waals surface area (Å²) in [6.07, 6.45) is 1.89. The lowest BCUT2D eigenvalue weighted by Crippen LogP contribution is -2.19. The fourth-order valence-corrected chi connectivity index (χ4v) is 3.28. The Balaban J connectivity index is 1.81. The number of amidine groups is 1. The zero-order valence-electron chi connectivity index (χ0n) is 10.8. The smallest absolute Gasteiger partial charge is 0.264 e. The molecule has 0 bridgehead atoms. The zero-order valence-corrected chi connectivity index (χ0v) is 12.4. The molecule has 1 N–H and O–H groups in total. The molecule has 1 fully saturated rings. The molecule has 0 unspecified atom stereocenters. The van der Waals surface area contributed by atoms with E-state index in [0.29, 0.717) is 10.1 Å². The maximum Gasteiger partial charge on any atom is 0.264 e. The monoisotopic (exact) mass is 300 g/mol. The first-order valence-electron chi connectivity index (χ1n) is 6.10. The Hall–Kier alpha value is -1.85. The van der Waals surface area contributed by atoms with Gasteiger partial charge in [0.25, 0.3) is 5.91 Å². The van der Waals surface area contributed by atoms with E-state index in [0.717, 1.165) is 10.6 Å². The van der Waals surface area contributed by atoms with Crippen LogP contribution >= 0.6 is 23.1 Å². The van der Waals surface area contributed by atoms with Crippen molar-refractivity contribution in [2.75, 3.05) is 0 Å². The Morgan fingerprint density at radius 1 is 1.20 bits per heavy atom. The summed E-state index contributed by atoms with van der Waals surface area (Å²) in [5.74, 6) is -0.0886. The quantitative estimate of drug-likeness (QED) is 0.853. The van der Waals surface area contributed by atoms with Crippen molar-refractivity contribution in [2.45, 2.75) is 6.92 Å². The van der Waals surface area contributed by atoms with Gasteiger partial charge in [-0.3, -0.25) is 4.79 Å². The highest BCUT2D eigenvalue weighted by Crippen LogP contribution is 2.28. The standard InChI is InChI=1S/C15H12N2OS2/c1-10-4-6-11(7-5-10)16-15-17-14(18)13(20-15)9-12-3-2-8-19-12/h2-9H,1H3,(H,16,17,18)/b13-9-. The molecule has 0 saturated carbocycles. The highest BCUT2D eigenvalue weighted by molar-refractivity contribution is 8.18. The Morgan fingerprint density at radius 2 is 2.00 bits per heavy atom.